The maximum absolute atomic E-state index is 12.2. The number of phenols is 1. The summed E-state index contributed by atoms with van der Waals surface area (Å²) in [5, 5.41) is 9.73. The number of phenolic OH excluding ortho intramolecular Hbond substituents is 1. The van der Waals surface area contributed by atoms with Crippen LogP contribution >= 0.6 is 31.9 Å². The van der Waals surface area contributed by atoms with Crippen LogP contribution in [0.1, 0.15) is 23.2 Å². The van der Waals surface area contributed by atoms with Crippen molar-refractivity contribution in [3.8, 4) is 5.75 Å². The molecule has 1 aromatic rings. The van der Waals surface area contributed by atoms with E-state index >= 15 is 0 Å². The molecule has 0 aromatic heterocycles. The van der Waals surface area contributed by atoms with Crippen molar-refractivity contribution in [1.82, 2.24) is 4.90 Å². The van der Waals surface area contributed by atoms with Crippen molar-refractivity contribution in [2.24, 2.45) is 5.92 Å². The Balaban J connectivity index is 2.03. The van der Waals surface area contributed by atoms with Gasteiger partial charge in [-0.1, -0.05) is 31.9 Å². The summed E-state index contributed by atoms with van der Waals surface area (Å²) in [5.74, 6) is 0.464. The highest BCUT2D eigenvalue weighted by Gasteiger charge is 2.29. The van der Waals surface area contributed by atoms with Gasteiger partial charge in [-0.15, -0.1) is 0 Å². The Morgan fingerprint density at radius 1 is 1.50 bits per heavy atom. The van der Waals surface area contributed by atoms with Crippen LogP contribution in [0.3, 0.4) is 0 Å². The van der Waals surface area contributed by atoms with E-state index in [0.717, 1.165) is 23.9 Å². The predicted molar refractivity (Wildman–Crippen MR) is 78.2 cm³/mol. The number of carbonyl (C=O) groups excluding carboxylic acids is 1. The van der Waals surface area contributed by atoms with E-state index in [0.29, 0.717) is 16.3 Å². The van der Waals surface area contributed by atoms with Crippen LogP contribution in [0.15, 0.2) is 22.7 Å². The molecule has 1 N–H and O–H groups in total. The van der Waals surface area contributed by atoms with Crippen molar-refractivity contribution in [3.05, 3.63) is 28.2 Å². The summed E-state index contributed by atoms with van der Waals surface area (Å²) in [6.45, 7) is 0.743. The van der Waals surface area contributed by atoms with Gasteiger partial charge in [0.1, 0.15) is 5.75 Å². The number of hydrogen-bond acceptors (Lipinski definition) is 2. The molecule has 0 atom stereocenters. The van der Waals surface area contributed by atoms with Crippen molar-refractivity contribution in [2.45, 2.75) is 17.7 Å². The van der Waals surface area contributed by atoms with E-state index in [1.807, 2.05) is 0 Å². The van der Waals surface area contributed by atoms with Gasteiger partial charge in [0.05, 0.1) is 5.56 Å². The minimum absolute atomic E-state index is 0.0297. The number of amides is 1. The second-order valence-electron chi connectivity index (χ2n) is 4.78. The zero-order valence-corrected chi connectivity index (χ0v) is 13.2. The molecule has 1 amide bonds. The molecule has 0 heterocycles. The van der Waals surface area contributed by atoms with Crippen molar-refractivity contribution >= 4 is 37.8 Å². The third-order valence-electron chi connectivity index (χ3n) is 3.25. The van der Waals surface area contributed by atoms with Gasteiger partial charge in [-0.2, -0.15) is 0 Å². The molecule has 5 heteroatoms. The second-order valence-corrected chi connectivity index (χ2v) is 6.99. The molecule has 2 rings (SSSR count). The van der Waals surface area contributed by atoms with Crippen molar-refractivity contribution < 1.29 is 9.90 Å². The third kappa shape index (κ3) is 3.06. The number of halogens is 2. The van der Waals surface area contributed by atoms with E-state index in [-0.39, 0.29) is 11.7 Å². The van der Waals surface area contributed by atoms with Crippen molar-refractivity contribution in [2.75, 3.05) is 13.6 Å². The molecule has 1 aliphatic carbocycles. The van der Waals surface area contributed by atoms with Crippen LogP contribution in [-0.2, 0) is 0 Å². The fraction of sp³-hybridized carbons (Fsp3) is 0.462. The van der Waals surface area contributed by atoms with Crippen LogP contribution in [0.2, 0.25) is 0 Å². The van der Waals surface area contributed by atoms with Gasteiger partial charge >= 0.3 is 0 Å². The van der Waals surface area contributed by atoms with E-state index in [9.17, 15) is 9.90 Å². The van der Waals surface area contributed by atoms with Crippen LogP contribution in [0.5, 0.6) is 5.75 Å². The maximum atomic E-state index is 12.2. The Morgan fingerprint density at radius 2 is 2.17 bits per heavy atom. The Kier molecular flexibility index (Phi) is 4.33. The van der Waals surface area contributed by atoms with Gasteiger partial charge < -0.3 is 10.0 Å². The predicted octanol–water partition coefficient (Wildman–Crippen LogP) is 3.40. The number of benzene rings is 1. The molecule has 0 bridgehead atoms. The van der Waals surface area contributed by atoms with E-state index in [2.05, 4.69) is 31.9 Å². The highest BCUT2D eigenvalue weighted by atomic mass is 79.9. The molecular weight excluding hydrogens is 362 g/mol. The highest BCUT2D eigenvalue weighted by molar-refractivity contribution is 9.10. The number of nitrogens with zero attached hydrogens (tertiary/aromatic N) is 1. The van der Waals surface area contributed by atoms with Gasteiger partial charge in [0.25, 0.3) is 5.91 Å². The normalized spacial score (nSPS) is 22.4. The molecule has 3 nitrogen and oxygen atoms in total. The first-order valence-electron chi connectivity index (χ1n) is 5.85. The molecule has 0 spiro atoms. The Bertz CT molecular complexity index is 458. The molecule has 0 saturated heterocycles. The number of carbonyl (C=O) groups is 1. The van der Waals surface area contributed by atoms with Crippen LogP contribution in [0, 0.1) is 5.92 Å². The maximum Gasteiger partial charge on any atom is 0.257 e. The average Bonchev–Trinajstić information content (AvgIpc) is 2.29. The average molecular weight is 377 g/mol. The minimum atomic E-state index is -0.133. The molecule has 1 aromatic carbocycles. The first-order valence-corrected chi connectivity index (χ1v) is 7.56. The smallest absolute Gasteiger partial charge is 0.257 e. The second kappa shape index (κ2) is 5.61. The molecular formula is C13H15Br2NO2. The summed E-state index contributed by atoms with van der Waals surface area (Å²) in [6, 6.07) is 4.90. The van der Waals surface area contributed by atoms with Crippen molar-refractivity contribution in [3.63, 3.8) is 0 Å². The van der Waals surface area contributed by atoms with Crippen LogP contribution < -0.4 is 0 Å². The van der Waals surface area contributed by atoms with Gasteiger partial charge in [0.15, 0.2) is 0 Å². The molecule has 98 valence electrons. The zero-order valence-electron chi connectivity index (χ0n) is 10.1. The van der Waals surface area contributed by atoms with E-state index in [1.165, 1.54) is 6.07 Å². The molecule has 0 aliphatic heterocycles. The van der Waals surface area contributed by atoms with Gasteiger partial charge in [-0.25, -0.2) is 0 Å². The molecule has 1 fully saturated rings. The van der Waals surface area contributed by atoms with Crippen LogP contribution in [0.25, 0.3) is 0 Å². The Morgan fingerprint density at radius 3 is 2.78 bits per heavy atom. The van der Waals surface area contributed by atoms with Gasteiger partial charge in [-0.05, 0) is 37.0 Å². The first kappa shape index (κ1) is 13.9. The topological polar surface area (TPSA) is 40.5 Å². The lowest BCUT2D eigenvalue weighted by Crippen LogP contribution is -2.37. The quantitative estimate of drug-likeness (QED) is 0.821. The summed E-state index contributed by atoms with van der Waals surface area (Å²) in [6.07, 6.45) is 2.23. The fourth-order valence-corrected chi connectivity index (χ4v) is 3.58. The SMILES string of the molecule is CN(CC1CC(Br)C1)C(=O)c1cc(Br)ccc1O. The highest BCUT2D eigenvalue weighted by Crippen LogP contribution is 2.34. The molecule has 18 heavy (non-hydrogen) atoms. The molecule has 0 radical (unpaired) electrons. The lowest BCUT2D eigenvalue weighted by atomic mass is 9.85. The number of rotatable bonds is 3. The van der Waals surface area contributed by atoms with E-state index in [4.69, 9.17) is 0 Å². The summed E-state index contributed by atoms with van der Waals surface area (Å²) >= 11 is 6.85. The number of hydrogen-bond donors (Lipinski definition) is 1. The van der Waals surface area contributed by atoms with Crippen LogP contribution in [0.4, 0.5) is 0 Å². The Hall–Kier alpha value is -0.550. The fourth-order valence-electron chi connectivity index (χ4n) is 2.16. The number of aromatic hydroxyl groups is 1. The Labute approximate surface area is 123 Å². The van der Waals surface area contributed by atoms with Crippen LogP contribution in [-0.4, -0.2) is 34.3 Å². The standard InChI is InChI=1S/C13H15Br2NO2/c1-16(7-8-4-10(15)5-8)13(18)11-6-9(14)2-3-12(11)17/h2-3,6,8,10,17H,4-5,7H2,1H3. The molecule has 0 unspecified atom stereocenters. The lowest BCUT2D eigenvalue weighted by Gasteiger charge is -2.34. The monoisotopic (exact) mass is 375 g/mol. The van der Waals surface area contributed by atoms with Gasteiger partial charge in [-0.3, -0.25) is 4.79 Å². The third-order valence-corrected chi connectivity index (χ3v) is 4.49. The van der Waals surface area contributed by atoms with Gasteiger partial charge in [0, 0.05) is 22.9 Å². The molecule has 1 aliphatic rings. The lowest BCUT2D eigenvalue weighted by molar-refractivity contribution is 0.0745. The minimum Gasteiger partial charge on any atom is -0.507 e. The summed E-state index contributed by atoms with van der Waals surface area (Å²) in [5.41, 5.74) is 0.349. The largest absolute Gasteiger partial charge is 0.507 e. The van der Waals surface area contributed by atoms with E-state index < -0.39 is 0 Å². The first-order chi connectivity index (χ1) is 8.47. The van der Waals surface area contributed by atoms with E-state index in [1.54, 1.807) is 24.1 Å². The van der Waals surface area contributed by atoms with Gasteiger partial charge in [0.2, 0.25) is 0 Å². The summed E-state index contributed by atoms with van der Waals surface area (Å²) in [7, 11) is 1.78. The zero-order chi connectivity index (χ0) is 13.3. The number of alkyl halides is 1. The van der Waals surface area contributed by atoms with Crippen molar-refractivity contribution in [1.29, 1.82) is 0 Å². The summed E-state index contributed by atoms with van der Waals surface area (Å²) in [4.78, 5) is 14.5. The summed E-state index contributed by atoms with van der Waals surface area (Å²) < 4.78 is 0.793. The molecule has 1 saturated carbocycles.